The average Bonchev–Trinajstić information content (AvgIpc) is 2.44. The molecule has 0 fully saturated rings. The van der Waals surface area contributed by atoms with E-state index in [0.717, 1.165) is 28.9 Å². The lowest BCUT2D eigenvalue weighted by Crippen LogP contribution is -2.33. The Morgan fingerprint density at radius 2 is 1.81 bits per heavy atom. The van der Waals surface area contributed by atoms with Crippen molar-refractivity contribution >= 4 is 27.5 Å². The van der Waals surface area contributed by atoms with Crippen molar-refractivity contribution in [3.63, 3.8) is 0 Å². The van der Waals surface area contributed by atoms with Gasteiger partial charge in [0.15, 0.2) is 0 Å². The van der Waals surface area contributed by atoms with E-state index in [1.807, 2.05) is 6.07 Å². The second-order valence-electron chi connectivity index (χ2n) is 5.33. The van der Waals surface area contributed by atoms with Crippen LogP contribution in [0.4, 0.5) is 0 Å². The fourth-order valence-electron chi connectivity index (χ4n) is 2.56. The number of aryl methyl sites for hydroxylation is 1. The molecule has 0 amide bonds. The number of hydrogen-bond acceptors (Lipinski definition) is 1. The number of halogens is 2. The van der Waals surface area contributed by atoms with Crippen molar-refractivity contribution in [1.82, 2.24) is 5.32 Å². The second kappa shape index (κ2) is 7.98. The Hall–Kier alpha value is -0.830. The number of rotatable bonds is 6. The van der Waals surface area contributed by atoms with E-state index in [2.05, 4.69) is 71.5 Å². The van der Waals surface area contributed by atoms with Gasteiger partial charge in [0.05, 0.1) is 0 Å². The second-order valence-corrected chi connectivity index (χ2v) is 6.65. The lowest BCUT2D eigenvalue weighted by Gasteiger charge is -2.20. The van der Waals surface area contributed by atoms with Gasteiger partial charge < -0.3 is 5.32 Å². The molecule has 0 spiro atoms. The molecule has 0 bridgehead atoms. The molecule has 0 saturated carbocycles. The van der Waals surface area contributed by atoms with Gasteiger partial charge in [0.1, 0.15) is 0 Å². The lowest BCUT2D eigenvalue weighted by molar-refractivity contribution is 0.520. The fraction of sp³-hybridized carbons (Fsp3) is 0.333. The van der Waals surface area contributed by atoms with Gasteiger partial charge in [-0.3, -0.25) is 0 Å². The maximum absolute atomic E-state index is 6.35. The lowest BCUT2D eigenvalue weighted by atomic mass is 9.96. The molecule has 1 unspecified atom stereocenters. The smallest absolute Gasteiger partial charge is 0.0449 e. The Labute approximate surface area is 140 Å². The van der Waals surface area contributed by atoms with Crippen molar-refractivity contribution in [2.45, 2.75) is 32.7 Å². The Balaban J connectivity index is 2.14. The molecule has 21 heavy (non-hydrogen) atoms. The minimum absolute atomic E-state index is 0.398. The maximum atomic E-state index is 6.35. The van der Waals surface area contributed by atoms with Crippen LogP contribution in [0.25, 0.3) is 0 Å². The summed E-state index contributed by atoms with van der Waals surface area (Å²) in [6, 6.07) is 15.1. The molecule has 0 heterocycles. The molecule has 0 aromatic heterocycles. The van der Waals surface area contributed by atoms with E-state index < -0.39 is 0 Å². The zero-order valence-electron chi connectivity index (χ0n) is 12.5. The van der Waals surface area contributed by atoms with Crippen molar-refractivity contribution in [2.24, 2.45) is 0 Å². The summed E-state index contributed by atoms with van der Waals surface area (Å²) in [5.41, 5.74) is 3.94. The van der Waals surface area contributed by atoms with Gasteiger partial charge in [-0.1, -0.05) is 64.8 Å². The van der Waals surface area contributed by atoms with E-state index in [4.69, 9.17) is 11.6 Å². The first-order valence-corrected chi connectivity index (χ1v) is 8.49. The monoisotopic (exact) mass is 365 g/mol. The van der Waals surface area contributed by atoms with Crippen LogP contribution in [0.15, 0.2) is 46.9 Å². The standard InChI is InChI=1S/C18H21BrClN/c1-3-21-17(10-14-7-5-4-6-13(14)2)11-15-8-9-16(19)12-18(15)20/h4-9,12,17,21H,3,10-11H2,1-2H3. The maximum Gasteiger partial charge on any atom is 0.0449 e. The van der Waals surface area contributed by atoms with Crippen LogP contribution in [-0.4, -0.2) is 12.6 Å². The first-order chi connectivity index (χ1) is 10.1. The number of nitrogens with one attached hydrogen (secondary N) is 1. The predicted octanol–water partition coefficient (Wildman–Crippen LogP) is 5.17. The first kappa shape index (κ1) is 16.5. The van der Waals surface area contributed by atoms with Crippen LogP contribution >= 0.6 is 27.5 Å². The van der Waals surface area contributed by atoms with Crippen LogP contribution in [0, 0.1) is 6.92 Å². The SMILES string of the molecule is CCNC(Cc1ccccc1C)Cc1ccc(Br)cc1Cl. The Kier molecular flexibility index (Phi) is 6.28. The highest BCUT2D eigenvalue weighted by atomic mass is 79.9. The highest BCUT2D eigenvalue weighted by Crippen LogP contribution is 2.23. The molecule has 1 atom stereocenters. The van der Waals surface area contributed by atoms with E-state index in [1.54, 1.807) is 0 Å². The number of hydrogen-bond donors (Lipinski definition) is 1. The third-order valence-electron chi connectivity index (χ3n) is 3.70. The van der Waals surface area contributed by atoms with Crippen LogP contribution in [-0.2, 0) is 12.8 Å². The quantitative estimate of drug-likeness (QED) is 0.743. The van der Waals surface area contributed by atoms with Gasteiger partial charge in [0.25, 0.3) is 0 Å². The number of likely N-dealkylation sites (N-methyl/N-ethyl adjacent to an activating group) is 1. The van der Waals surface area contributed by atoms with E-state index in [0.29, 0.717) is 6.04 Å². The summed E-state index contributed by atoms with van der Waals surface area (Å²) in [7, 11) is 0. The minimum atomic E-state index is 0.398. The van der Waals surface area contributed by atoms with E-state index in [9.17, 15) is 0 Å². The molecular formula is C18H21BrClN. The van der Waals surface area contributed by atoms with Crippen molar-refractivity contribution < 1.29 is 0 Å². The largest absolute Gasteiger partial charge is 0.314 e. The van der Waals surface area contributed by atoms with Gasteiger partial charge in [-0.2, -0.15) is 0 Å². The van der Waals surface area contributed by atoms with E-state index in [1.165, 1.54) is 16.7 Å². The molecule has 1 nitrogen and oxygen atoms in total. The molecule has 0 saturated heterocycles. The first-order valence-electron chi connectivity index (χ1n) is 7.32. The molecule has 2 rings (SSSR count). The molecule has 3 heteroatoms. The van der Waals surface area contributed by atoms with Crippen LogP contribution in [0.5, 0.6) is 0 Å². The molecule has 0 aliphatic carbocycles. The molecule has 2 aromatic carbocycles. The topological polar surface area (TPSA) is 12.0 Å². The van der Waals surface area contributed by atoms with Gasteiger partial charge in [-0.05, 0) is 55.1 Å². The van der Waals surface area contributed by atoms with Gasteiger partial charge in [-0.15, -0.1) is 0 Å². The zero-order chi connectivity index (χ0) is 15.2. The molecule has 2 aromatic rings. The van der Waals surface area contributed by atoms with Gasteiger partial charge in [0, 0.05) is 15.5 Å². The predicted molar refractivity (Wildman–Crippen MR) is 95.2 cm³/mol. The minimum Gasteiger partial charge on any atom is -0.314 e. The average molecular weight is 367 g/mol. The Morgan fingerprint density at radius 1 is 1.10 bits per heavy atom. The summed E-state index contributed by atoms with van der Waals surface area (Å²) in [6.45, 7) is 5.28. The third-order valence-corrected chi connectivity index (χ3v) is 4.55. The highest BCUT2D eigenvalue weighted by Gasteiger charge is 2.13. The molecule has 0 aliphatic heterocycles. The van der Waals surface area contributed by atoms with Crippen molar-refractivity contribution in [1.29, 1.82) is 0 Å². The summed E-state index contributed by atoms with van der Waals surface area (Å²) in [5, 5.41) is 4.41. The Bertz CT molecular complexity index is 598. The molecule has 0 radical (unpaired) electrons. The van der Waals surface area contributed by atoms with Crippen LogP contribution in [0.2, 0.25) is 5.02 Å². The van der Waals surface area contributed by atoms with Gasteiger partial charge >= 0.3 is 0 Å². The summed E-state index contributed by atoms with van der Waals surface area (Å²) in [4.78, 5) is 0. The summed E-state index contributed by atoms with van der Waals surface area (Å²) in [6.07, 6.45) is 1.96. The third kappa shape index (κ3) is 4.84. The Morgan fingerprint density at radius 3 is 2.48 bits per heavy atom. The van der Waals surface area contributed by atoms with Crippen LogP contribution in [0.1, 0.15) is 23.6 Å². The van der Waals surface area contributed by atoms with Crippen molar-refractivity contribution in [2.75, 3.05) is 6.54 Å². The van der Waals surface area contributed by atoms with Gasteiger partial charge in [0.2, 0.25) is 0 Å². The molecular weight excluding hydrogens is 346 g/mol. The normalized spacial score (nSPS) is 12.4. The zero-order valence-corrected chi connectivity index (χ0v) is 14.8. The van der Waals surface area contributed by atoms with E-state index >= 15 is 0 Å². The molecule has 0 aliphatic rings. The van der Waals surface area contributed by atoms with Crippen molar-refractivity contribution in [3.05, 3.63) is 68.7 Å². The summed E-state index contributed by atoms with van der Waals surface area (Å²) >= 11 is 9.81. The number of benzene rings is 2. The van der Waals surface area contributed by atoms with Gasteiger partial charge in [-0.25, -0.2) is 0 Å². The van der Waals surface area contributed by atoms with Crippen molar-refractivity contribution in [3.8, 4) is 0 Å². The molecule has 1 N–H and O–H groups in total. The van der Waals surface area contributed by atoms with Crippen LogP contribution in [0.3, 0.4) is 0 Å². The molecule has 112 valence electrons. The van der Waals surface area contributed by atoms with Crippen LogP contribution < -0.4 is 5.32 Å². The fourth-order valence-corrected chi connectivity index (χ4v) is 3.31. The summed E-state index contributed by atoms with van der Waals surface area (Å²) in [5.74, 6) is 0. The van der Waals surface area contributed by atoms with E-state index in [-0.39, 0.29) is 0 Å². The summed E-state index contributed by atoms with van der Waals surface area (Å²) < 4.78 is 1.02. The highest BCUT2D eigenvalue weighted by molar-refractivity contribution is 9.10.